The predicted octanol–water partition coefficient (Wildman–Crippen LogP) is 5.23. The van der Waals surface area contributed by atoms with Crippen LogP contribution < -0.4 is 15.0 Å². The minimum atomic E-state index is -0.966. The number of H-pyrrole nitrogens is 1. The van der Waals surface area contributed by atoms with E-state index in [1.165, 1.54) is 0 Å². The number of nitrogens with zero attached hydrogens (tertiary/aromatic N) is 4. The molecule has 4 aromatic rings. The zero-order valence-corrected chi connectivity index (χ0v) is 26.9. The largest absolute Gasteiger partial charge is 0.478 e. The Morgan fingerprint density at radius 3 is 2.59 bits per heavy atom. The van der Waals surface area contributed by atoms with E-state index in [0.717, 1.165) is 78.7 Å². The van der Waals surface area contributed by atoms with E-state index in [9.17, 15) is 9.59 Å². The molecule has 0 radical (unpaired) electrons. The molecular weight excluding hydrogens is 576 g/mol. The quantitative estimate of drug-likeness (QED) is 0.266. The molecule has 7 rings (SSSR count). The summed E-state index contributed by atoms with van der Waals surface area (Å²) in [5.41, 5.74) is 4.37. The van der Waals surface area contributed by atoms with Crippen LogP contribution in [0.4, 0.5) is 5.69 Å². The number of amides is 2. The first-order valence-electron chi connectivity index (χ1n) is 16.7. The highest BCUT2D eigenvalue weighted by Gasteiger charge is 2.38. The van der Waals surface area contributed by atoms with Gasteiger partial charge in [-0.05, 0) is 74.9 Å². The third kappa shape index (κ3) is 6.47. The molecule has 46 heavy (non-hydrogen) atoms. The topological polar surface area (TPSA) is 93.8 Å². The zero-order valence-electron chi connectivity index (χ0n) is 26.9. The van der Waals surface area contributed by atoms with Crippen molar-refractivity contribution in [3.63, 3.8) is 0 Å². The lowest BCUT2D eigenvalue weighted by atomic mass is 9.95. The second-order valence-electron chi connectivity index (χ2n) is 13.4. The molecule has 3 aliphatic rings. The number of fused-ring (bicyclic) bond motifs is 1. The lowest BCUT2D eigenvalue weighted by molar-refractivity contribution is -0.146. The summed E-state index contributed by atoms with van der Waals surface area (Å²) >= 11 is 0. The number of ether oxygens (including phenoxy) is 1. The third-order valence-electron chi connectivity index (χ3n) is 9.59. The molecule has 9 nitrogen and oxygen atoms in total. The molecule has 1 aliphatic carbocycles. The molecular formula is C37H44N6O3. The van der Waals surface area contributed by atoms with Crippen molar-refractivity contribution in [1.29, 1.82) is 0 Å². The molecule has 2 N–H and O–H groups in total. The van der Waals surface area contributed by atoms with Crippen LogP contribution in [0.1, 0.15) is 45.1 Å². The van der Waals surface area contributed by atoms with Gasteiger partial charge in [-0.3, -0.25) is 9.59 Å². The highest BCUT2D eigenvalue weighted by atomic mass is 16.5. The van der Waals surface area contributed by atoms with Crippen molar-refractivity contribution >= 4 is 28.5 Å². The van der Waals surface area contributed by atoms with E-state index in [1.807, 2.05) is 49.2 Å². The molecule has 9 heteroatoms. The minimum Gasteiger partial charge on any atom is -0.478 e. The van der Waals surface area contributed by atoms with Crippen molar-refractivity contribution in [3.8, 4) is 16.9 Å². The molecule has 1 atom stereocenters. The SMILES string of the molecule is CC(C)(Oc1cccc(N2CCC[C@@H](C(=O)N(Cc3ccc(-c4c[nH]c5ncccc45)cc3)C3CC3)C2)c1)C(=O)N1CCNCC1. The monoisotopic (exact) mass is 620 g/mol. The van der Waals surface area contributed by atoms with Crippen LogP contribution in [0.2, 0.25) is 0 Å². The second-order valence-corrected chi connectivity index (χ2v) is 13.4. The fourth-order valence-corrected chi connectivity index (χ4v) is 6.93. The van der Waals surface area contributed by atoms with E-state index in [-0.39, 0.29) is 17.7 Å². The van der Waals surface area contributed by atoms with E-state index < -0.39 is 5.60 Å². The zero-order chi connectivity index (χ0) is 31.7. The molecule has 1 saturated carbocycles. The molecule has 2 aromatic carbocycles. The van der Waals surface area contributed by atoms with Gasteiger partial charge in [0, 0.05) is 87.0 Å². The first-order valence-corrected chi connectivity index (χ1v) is 16.7. The van der Waals surface area contributed by atoms with Crippen molar-refractivity contribution in [2.24, 2.45) is 5.92 Å². The van der Waals surface area contributed by atoms with Crippen molar-refractivity contribution in [3.05, 3.63) is 78.6 Å². The van der Waals surface area contributed by atoms with Crippen LogP contribution in [0.25, 0.3) is 22.2 Å². The maximum Gasteiger partial charge on any atom is 0.266 e. The molecule has 0 bridgehead atoms. The first kappa shape index (κ1) is 30.3. The summed E-state index contributed by atoms with van der Waals surface area (Å²) in [5.74, 6) is 0.885. The van der Waals surface area contributed by atoms with Gasteiger partial charge in [0.1, 0.15) is 11.4 Å². The number of rotatable bonds is 9. The van der Waals surface area contributed by atoms with Gasteiger partial charge in [0.05, 0.1) is 5.92 Å². The Labute approximate surface area is 270 Å². The number of anilines is 1. The van der Waals surface area contributed by atoms with Crippen LogP contribution in [0, 0.1) is 5.92 Å². The van der Waals surface area contributed by atoms with Crippen LogP contribution in [0.5, 0.6) is 5.75 Å². The van der Waals surface area contributed by atoms with Gasteiger partial charge >= 0.3 is 0 Å². The number of carbonyl (C=O) groups is 2. The van der Waals surface area contributed by atoms with Crippen LogP contribution in [0.15, 0.2) is 73.1 Å². The normalized spacial score (nSPS) is 18.9. The Morgan fingerprint density at radius 2 is 1.80 bits per heavy atom. The fourth-order valence-electron chi connectivity index (χ4n) is 6.93. The number of hydrogen-bond donors (Lipinski definition) is 2. The highest BCUT2D eigenvalue weighted by molar-refractivity contribution is 5.93. The molecule has 3 fully saturated rings. The second kappa shape index (κ2) is 12.8. The van der Waals surface area contributed by atoms with Crippen LogP contribution in [-0.4, -0.2) is 82.5 Å². The van der Waals surface area contributed by atoms with Crippen LogP contribution in [0.3, 0.4) is 0 Å². The van der Waals surface area contributed by atoms with E-state index in [0.29, 0.717) is 38.0 Å². The number of nitrogens with one attached hydrogen (secondary N) is 2. The summed E-state index contributed by atoms with van der Waals surface area (Å²) in [6.07, 6.45) is 7.81. The molecule has 2 amide bonds. The Balaban J connectivity index is 1.01. The molecule has 0 spiro atoms. The average molecular weight is 621 g/mol. The van der Waals surface area contributed by atoms with Gasteiger partial charge in [0.15, 0.2) is 5.60 Å². The van der Waals surface area contributed by atoms with Gasteiger partial charge in [-0.1, -0.05) is 30.3 Å². The van der Waals surface area contributed by atoms with E-state index >= 15 is 0 Å². The highest BCUT2D eigenvalue weighted by Crippen LogP contribution is 2.34. The van der Waals surface area contributed by atoms with Gasteiger partial charge in [0.2, 0.25) is 5.91 Å². The maximum absolute atomic E-state index is 14.1. The smallest absolute Gasteiger partial charge is 0.266 e. The summed E-state index contributed by atoms with van der Waals surface area (Å²) in [6.45, 7) is 8.91. The first-order chi connectivity index (χ1) is 22.4. The maximum atomic E-state index is 14.1. The number of carbonyl (C=O) groups excluding carboxylic acids is 2. The number of piperidine rings is 1. The Kier molecular flexibility index (Phi) is 8.42. The van der Waals surface area contributed by atoms with E-state index in [4.69, 9.17) is 4.74 Å². The Bertz CT molecular complexity index is 1690. The summed E-state index contributed by atoms with van der Waals surface area (Å²) in [4.78, 5) is 41.3. The molecule has 2 aliphatic heterocycles. The number of benzene rings is 2. The molecule has 2 aromatic heterocycles. The van der Waals surface area contributed by atoms with Gasteiger partial charge < -0.3 is 29.7 Å². The number of aromatic nitrogens is 2. The van der Waals surface area contributed by atoms with E-state index in [1.54, 1.807) is 6.20 Å². The summed E-state index contributed by atoms with van der Waals surface area (Å²) in [5, 5.41) is 4.40. The summed E-state index contributed by atoms with van der Waals surface area (Å²) in [6, 6.07) is 21.0. The molecule has 0 unspecified atom stereocenters. The summed E-state index contributed by atoms with van der Waals surface area (Å²) < 4.78 is 6.30. The van der Waals surface area contributed by atoms with Crippen molar-refractivity contribution < 1.29 is 14.3 Å². The standard InChI is InChI=1S/C37H44N6O3/c1-37(2,36(45)41-20-17-38-18-21-41)46-31-8-3-7-30(22-31)42-19-5-6-28(25-42)35(44)43(29-14-15-29)24-26-10-12-27(13-11-26)33-23-40-34-32(33)9-4-16-39-34/h3-4,7-13,16,22-23,28-29,38H,5-6,14-15,17-21,24-25H2,1-2H3,(H,39,40)/t28-/m1/s1. The minimum absolute atomic E-state index is 0.00751. The van der Waals surface area contributed by atoms with Gasteiger partial charge in [-0.25, -0.2) is 4.98 Å². The number of pyridine rings is 1. The van der Waals surface area contributed by atoms with Gasteiger partial charge in [-0.2, -0.15) is 0 Å². The number of piperazine rings is 1. The van der Waals surface area contributed by atoms with E-state index in [2.05, 4.69) is 61.5 Å². The van der Waals surface area contributed by atoms with Crippen LogP contribution in [-0.2, 0) is 16.1 Å². The lowest BCUT2D eigenvalue weighted by Crippen LogP contribution is -2.54. The van der Waals surface area contributed by atoms with Gasteiger partial charge in [0.25, 0.3) is 5.91 Å². The average Bonchev–Trinajstić information content (AvgIpc) is 3.85. The third-order valence-corrected chi connectivity index (χ3v) is 9.59. The predicted molar refractivity (Wildman–Crippen MR) is 181 cm³/mol. The molecule has 2 saturated heterocycles. The molecule has 240 valence electrons. The number of aromatic amines is 1. The number of hydrogen-bond acceptors (Lipinski definition) is 6. The Morgan fingerprint density at radius 1 is 1.00 bits per heavy atom. The fraction of sp³-hybridized carbons (Fsp3) is 0.432. The lowest BCUT2D eigenvalue weighted by Gasteiger charge is -2.37. The Hall–Kier alpha value is -4.37. The van der Waals surface area contributed by atoms with Crippen LogP contribution >= 0.6 is 0 Å². The van der Waals surface area contributed by atoms with Gasteiger partial charge in [-0.15, -0.1) is 0 Å². The van der Waals surface area contributed by atoms with Crippen molar-refractivity contribution in [2.45, 2.75) is 57.7 Å². The summed E-state index contributed by atoms with van der Waals surface area (Å²) in [7, 11) is 0. The van der Waals surface area contributed by atoms with Crippen molar-refractivity contribution in [2.75, 3.05) is 44.2 Å². The van der Waals surface area contributed by atoms with Crippen molar-refractivity contribution in [1.82, 2.24) is 25.1 Å². The molecule has 4 heterocycles.